The minimum Gasteiger partial charge on any atom is -0.434 e. The van der Waals surface area contributed by atoms with Crippen molar-refractivity contribution in [2.45, 2.75) is 33.0 Å². The summed E-state index contributed by atoms with van der Waals surface area (Å²) in [4.78, 5) is 39.3. The molecule has 0 spiro atoms. The lowest BCUT2D eigenvalue weighted by Crippen LogP contribution is -2.52. The third kappa shape index (κ3) is 4.11. The van der Waals surface area contributed by atoms with Gasteiger partial charge >= 0.3 is 6.61 Å². The van der Waals surface area contributed by atoms with Crippen LogP contribution in [0.2, 0.25) is 0 Å². The minimum atomic E-state index is -2.99. The van der Waals surface area contributed by atoms with Crippen molar-refractivity contribution in [3.05, 3.63) is 65.2 Å². The van der Waals surface area contributed by atoms with Gasteiger partial charge < -0.3 is 10.1 Å². The van der Waals surface area contributed by atoms with Gasteiger partial charge in [-0.2, -0.15) is 8.78 Å². The number of halogens is 2. The Labute approximate surface area is 166 Å². The Kier molecular flexibility index (Phi) is 5.91. The predicted molar refractivity (Wildman–Crippen MR) is 100 cm³/mol. The topological polar surface area (TPSA) is 75.7 Å². The van der Waals surface area contributed by atoms with E-state index in [2.05, 4.69) is 10.1 Å². The van der Waals surface area contributed by atoms with Crippen molar-refractivity contribution in [1.82, 2.24) is 10.2 Å². The molecular weight excluding hydrogens is 382 g/mol. The lowest BCUT2D eigenvalue weighted by atomic mass is 10.0. The Morgan fingerprint density at radius 3 is 2.10 bits per heavy atom. The van der Waals surface area contributed by atoms with Crippen LogP contribution in [0.15, 0.2) is 48.5 Å². The zero-order valence-electron chi connectivity index (χ0n) is 15.9. The van der Waals surface area contributed by atoms with E-state index in [1.165, 1.54) is 6.07 Å². The van der Waals surface area contributed by atoms with E-state index < -0.39 is 30.4 Å². The van der Waals surface area contributed by atoms with Crippen molar-refractivity contribution in [3.8, 4) is 5.75 Å². The number of hydrogen-bond acceptors (Lipinski definition) is 4. The number of alkyl halides is 2. The third-order valence-corrected chi connectivity index (χ3v) is 4.65. The highest BCUT2D eigenvalue weighted by Gasteiger charge is 2.43. The zero-order chi connectivity index (χ0) is 21.1. The average molecular weight is 402 g/mol. The number of carbonyl (C=O) groups excluding carboxylic acids is 3. The van der Waals surface area contributed by atoms with Crippen molar-refractivity contribution in [3.63, 3.8) is 0 Å². The fourth-order valence-corrected chi connectivity index (χ4v) is 3.33. The van der Waals surface area contributed by atoms with Crippen molar-refractivity contribution < 1.29 is 27.9 Å². The second kappa shape index (κ2) is 8.38. The monoisotopic (exact) mass is 402 g/mol. The van der Waals surface area contributed by atoms with Gasteiger partial charge in [-0.15, -0.1) is 0 Å². The Morgan fingerprint density at radius 1 is 1.00 bits per heavy atom. The first-order valence-electron chi connectivity index (χ1n) is 9.08. The van der Waals surface area contributed by atoms with Gasteiger partial charge in [-0.05, 0) is 24.1 Å². The molecule has 2 aromatic carbocycles. The second-order valence-corrected chi connectivity index (χ2v) is 6.92. The normalized spacial score (nSPS) is 14.3. The molecule has 1 aliphatic rings. The smallest absolute Gasteiger partial charge is 0.387 e. The summed E-state index contributed by atoms with van der Waals surface area (Å²) in [6.45, 7) is 0.367. The highest BCUT2D eigenvalue weighted by molar-refractivity contribution is 6.22. The molecule has 0 unspecified atom stereocenters. The van der Waals surface area contributed by atoms with Gasteiger partial charge in [0.25, 0.3) is 11.8 Å². The van der Waals surface area contributed by atoms with Gasteiger partial charge in [0.15, 0.2) is 0 Å². The molecule has 0 fully saturated rings. The molecule has 152 valence electrons. The summed E-state index contributed by atoms with van der Waals surface area (Å²) in [5.41, 5.74) is 0.865. The van der Waals surface area contributed by atoms with Crippen molar-refractivity contribution in [2.24, 2.45) is 5.92 Å². The summed E-state index contributed by atoms with van der Waals surface area (Å²) in [5, 5.41) is 2.63. The summed E-state index contributed by atoms with van der Waals surface area (Å²) in [6, 6.07) is 11.4. The maximum absolute atomic E-state index is 12.9. The number of ether oxygens (including phenoxy) is 1. The van der Waals surface area contributed by atoms with E-state index >= 15 is 0 Å². The number of para-hydroxylation sites is 1. The summed E-state index contributed by atoms with van der Waals surface area (Å²) in [5.74, 6) is -2.02. The van der Waals surface area contributed by atoms with E-state index in [0.29, 0.717) is 5.56 Å². The quantitative estimate of drug-likeness (QED) is 0.722. The molecule has 3 rings (SSSR count). The van der Waals surface area contributed by atoms with E-state index in [9.17, 15) is 23.2 Å². The molecule has 29 heavy (non-hydrogen) atoms. The van der Waals surface area contributed by atoms with E-state index in [4.69, 9.17) is 0 Å². The molecule has 0 radical (unpaired) electrons. The van der Waals surface area contributed by atoms with Crippen LogP contribution in [0.1, 0.15) is 40.1 Å². The van der Waals surface area contributed by atoms with E-state index in [1.54, 1.807) is 56.3 Å². The van der Waals surface area contributed by atoms with Gasteiger partial charge in [-0.3, -0.25) is 19.3 Å². The second-order valence-electron chi connectivity index (χ2n) is 6.92. The summed E-state index contributed by atoms with van der Waals surface area (Å²) in [6.07, 6.45) is 0. The molecule has 1 heterocycles. The molecule has 6 nitrogen and oxygen atoms in total. The fourth-order valence-electron chi connectivity index (χ4n) is 3.33. The lowest BCUT2D eigenvalue weighted by molar-refractivity contribution is -0.126. The highest BCUT2D eigenvalue weighted by Crippen LogP contribution is 2.27. The highest BCUT2D eigenvalue weighted by atomic mass is 19.3. The standard InChI is InChI=1S/C21H20F2N2O4/c1-12(2)17(25-19(27)14-8-4-5-9-15(14)20(25)28)18(26)24-11-13-7-3-6-10-16(13)29-21(22)23/h3-10,12,17,21H,11H2,1-2H3,(H,24,26)/t17-/m1/s1. The Balaban J connectivity index is 1.79. The van der Waals surface area contributed by atoms with Gasteiger partial charge in [0, 0.05) is 12.1 Å². The largest absolute Gasteiger partial charge is 0.434 e. The average Bonchev–Trinajstić information content (AvgIpc) is 2.92. The molecule has 8 heteroatoms. The summed E-state index contributed by atoms with van der Waals surface area (Å²) >= 11 is 0. The molecule has 1 aliphatic heterocycles. The maximum atomic E-state index is 12.9. The molecule has 0 bridgehead atoms. The number of fused-ring (bicyclic) bond motifs is 1. The van der Waals surface area contributed by atoms with Gasteiger partial charge in [0.1, 0.15) is 11.8 Å². The van der Waals surface area contributed by atoms with Crippen molar-refractivity contribution in [2.75, 3.05) is 0 Å². The van der Waals surface area contributed by atoms with E-state index in [1.807, 2.05) is 0 Å². The maximum Gasteiger partial charge on any atom is 0.387 e. The number of rotatable bonds is 7. The first kappa shape index (κ1) is 20.4. The molecule has 3 amide bonds. The molecular formula is C21H20F2N2O4. The Bertz CT molecular complexity index is 911. The molecule has 1 N–H and O–H groups in total. The number of carbonyl (C=O) groups is 3. The van der Waals surface area contributed by atoms with Crippen LogP contribution in [-0.4, -0.2) is 35.3 Å². The molecule has 1 atom stereocenters. The number of imide groups is 1. The van der Waals surface area contributed by atoms with Crippen LogP contribution in [0.4, 0.5) is 8.78 Å². The number of nitrogens with zero attached hydrogens (tertiary/aromatic N) is 1. The Hall–Kier alpha value is -3.29. The van der Waals surface area contributed by atoms with Crippen LogP contribution in [0.3, 0.4) is 0 Å². The Morgan fingerprint density at radius 2 is 1.55 bits per heavy atom. The summed E-state index contributed by atoms with van der Waals surface area (Å²) in [7, 11) is 0. The van der Waals surface area contributed by atoms with Gasteiger partial charge in [0.2, 0.25) is 5.91 Å². The molecule has 0 saturated heterocycles. The number of nitrogens with one attached hydrogen (secondary N) is 1. The van der Waals surface area contributed by atoms with Crippen LogP contribution < -0.4 is 10.1 Å². The van der Waals surface area contributed by atoms with Crippen LogP contribution in [0.25, 0.3) is 0 Å². The van der Waals surface area contributed by atoms with Crippen LogP contribution in [-0.2, 0) is 11.3 Å². The van der Waals surface area contributed by atoms with Crippen LogP contribution >= 0.6 is 0 Å². The zero-order valence-corrected chi connectivity index (χ0v) is 15.9. The first-order chi connectivity index (χ1) is 13.8. The predicted octanol–water partition coefficient (Wildman–Crippen LogP) is 3.23. The first-order valence-corrected chi connectivity index (χ1v) is 9.08. The molecule has 0 aliphatic carbocycles. The van der Waals surface area contributed by atoms with Crippen molar-refractivity contribution >= 4 is 17.7 Å². The number of amides is 3. The third-order valence-electron chi connectivity index (χ3n) is 4.65. The van der Waals surface area contributed by atoms with E-state index in [-0.39, 0.29) is 29.3 Å². The molecule has 0 aromatic heterocycles. The fraction of sp³-hybridized carbons (Fsp3) is 0.286. The SMILES string of the molecule is CC(C)[C@H](C(=O)NCc1ccccc1OC(F)F)N1C(=O)c2ccccc2C1=O. The van der Waals surface area contributed by atoms with Crippen molar-refractivity contribution in [1.29, 1.82) is 0 Å². The van der Waals surface area contributed by atoms with Crippen LogP contribution in [0.5, 0.6) is 5.75 Å². The lowest BCUT2D eigenvalue weighted by Gasteiger charge is -2.28. The number of benzene rings is 2. The van der Waals surface area contributed by atoms with Gasteiger partial charge in [-0.25, -0.2) is 0 Å². The van der Waals surface area contributed by atoms with Crippen LogP contribution in [0, 0.1) is 5.92 Å². The number of hydrogen-bond donors (Lipinski definition) is 1. The summed E-state index contributed by atoms with van der Waals surface area (Å²) < 4.78 is 29.6. The molecule has 0 saturated carbocycles. The minimum absolute atomic E-state index is 0.0513. The van der Waals surface area contributed by atoms with E-state index in [0.717, 1.165) is 4.90 Å². The molecule has 2 aromatic rings. The van der Waals surface area contributed by atoms with Gasteiger partial charge in [-0.1, -0.05) is 44.2 Å². The van der Waals surface area contributed by atoms with Gasteiger partial charge in [0.05, 0.1) is 11.1 Å².